The second-order valence-corrected chi connectivity index (χ2v) is 2.96. The summed E-state index contributed by atoms with van der Waals surface area (Å²) in [6.07, 6.45) is 1.47. The fraction of sp³-hybridized carbons (Fsp3) is 0.0909. The van der Waals surface area contributed by atoms with Crippen LogP contribution in [0.1, 0.15) is 6.93 Å². The first-order valence-corrected chi connectivity index (χ1v) is 4.28. The molecule has 2 rings (SSSR count). The maximum Gasteiger partial charge on any atom is 0.189 e. The standard InChI is InChI=1S/C11H8N2O2/c1-15-11-5-9-8(4-7(11)6-12)10(14)2-3-13-9/h2-5H,1H3,(H,13,14)/i5D. The number of nitriles is 1. The molecule has 0 bridgehead atoms. The molecule has 1 aromatic carbocycles. The Hall–Kier alpha value is -2.28. The highest BCUT2D eigenvalue weighted by atomic mass is 16.5. The Labute approximate surface area is 87.1 Å². The number of aromatic nitrogens is 1. The lowest BCUT2D eigenvalue weighted by molar-refractivity contribution is 0.414. The number of benzene rings is 1. The van der Waals surface area contributed by atoms with E-state index in [1.807, 2.05) is 6.07 Å². The van der Waals surface area contributed by atoms with E-state index in [2.05, 4.69) is 4.98 Å². The maximum absolute atomic E-state index is 11.5. The first-order chi connectivity index (χ1) is 7.69. The van der Waals surface area contributed by atoms with Crippen molar-refractivity contribution in [3.63, 3.8) is 0 Å². The van der Waals surface area contributed by atoms with Crippen LogP contribution < -0.4 is 10.2 Å². The Kier molecular flexibility index (Phi) is 1.86. The summed E-state index contributed by atoms with van der Waals surface area (Å²) in [6.45, 7) is 0. The maximum atomic E-state index is 11.5. The molecule has 0 radical (unpaired) electrons. The van der Waals surface area contributed by atoms with Gasteiger partial charge in [-0.15, -0.1) is 0 Å². The monoisotopic (exact) mass is 201 g/mol. The number of fused-ring (bicyclic) bond motifs is 1. The van der Waals surface area contributed by atoms with Crippen LogP contribution in [0.5, 0.6) is 5.75 Å². The molecule has 1 aromatic heterocycles. The minimum Gasteiger partial charge on any atom is -0.495 e. The van der Waals surface area contributed by atoms with Crippen LogP contribution in [-0.4, -0.2) is 12.1 Å². The second kappa shape index (κ2) is 3.46. The van der Waals surface area contributed by atoms with E-state index in [9.17, 15) is 4.79 Å². The van der Waals surface area contributed by atoms with Crippen LogP contribution in [0.15, 0.2) is 29.2 Å². The molecule has 1 heterocycles. The van der Waals surface area contributed by atoms with Gasteiger partial charge in [-0.25, -0.2) is 0 Å². The van der Waals surface area contributed by atoms with Crippen LogP contribution in [0.2, 0.25) is 0 Å². The average molecular weight is 201 g/mol. The van der Waals surface area contributed by atoms with Crippen molar-refractivity contribution in [1.29, 1.82) is 5.26 Å². The van der Waals surface area contributed by atoms with Crippen molar-refractivity contribution in [2.24, 2.45) is 0 Å². The minimum atomic E-state index is -0.221. The van der Waals surface area contributed by atoms with Gasteiger partial charge in [0.1, 0.15) is 11.8 Å². The summed E-state index contributed by atoms with van der Waals surface area (Å²) >= 11 is 0. The van der Waals surface area contributed by atoms with Gasteiger partial charge in [0, 0.05) is 23.7 Å². The third kappa shape index (κ3) is 1.44. The number of rotatable bonds is 1. The van der Waals surface area contributed by atoms with Gasteiger partial charge in [-0.05, 0) is 6.07 Å². The van der Waals surface area contributed by atoms with E-state index >= 15 is 0 Å². The molecule has 0 aliphatic heterocycles. The minimum absolute atomic E-state index is 0.0225. The molecule has 0 aliphatic carbocycles. The van der Waals surface area contributed by atoms with Crippen molar-refractivity contribution in [3.05, 3.63) is 40.2 Å². The number of methoxy groups -OCH3 is 1. The second-order valence-electron chi connectivity index (χ2n) is 2.96. The molecule has 0 aliphatic rings. The molecule has 4 heteroatoms. The number of hydrogen-bond acceptors (Lipinski definition) is 3. The summed E-state index contributed by atoms with van der Waals surface area (Å²) in [4.78, 5) is 14.4. The van der Waals surface area contributed by atoms with Gasteiger partial charge >= 0.3 is 0 Å². The smallest absolute Gasteiger partial charge is 0.189 e. The molecule has 0 fully saturated rings. The molecule has 0 unspecified atom stereocenters. The van der Waals surface area contributed by atoms with E-state index in [1.54, 1.807) is 0 Å². The number of hydrogen-bond donors (Lipinski definition) is 1. The van der Waals surface area contributed by atoms with E-state index in [1.165, 1.54) is 25.4 Å². The van der Waals surface area contributed by atoms with Crippen LogP contribution in [0.3, 0.4) is 0 Å². The van der Waals surface area contributed by atoms with E-state index < -0.39 is 0 Å². The molecular weight excluding hydrogens is 192 g/mol. The van der Waals surface area contributed by atoms with Gasteiger partial charge in [0.15, 0.2) is 5.43 Å². The summed E-state index contributed by atoms with van der Waals surface area (Å²) in [5.74, 6) is 0.178. The molecule has 0 spiro atoms. The lowest BCUT2D eigenvalue weighted by Crippen LogP contribution is -2.01. The Balaban J connectivity index is 3.01. The predicted octanol–water partition coefficient (Wildman–Crippen LogP) is 1.41. The van der Waals surface area contributed by atoms with Gasteiger partial charge in [0.2, 0.25) is 0 Å². The zero-order chi connectivity index (χ0) is 11.7. The van der Waals surface area contributed by atoms with E-state index in [0.717, 1.165) is 0 Å². The van der Waals surface area contributed by atoms with Crippen LogP contribution in [-0.2, 0) is 0 Å². The predicted molar refractivity (Wildman–Crippen MR) is 55.8 cm³/mol. The molecule has 74 valence electrons. The molecular formula is C11H8N2O2. The summed E-state index contributed by atoms with van der Waals surface area (Å²) in [7, 11) is 1.39. The number of pyridine rings is 1. The first-order valence-electron chi connectivity index (χ1n) is 4.78. The quantitative estimate of drug-likeness (QED) is 0.758. The van der Waals surface area contributed by atoms with Crippen molar-refractivity contribution in [2.75, 3.05) is 7.11 Å². The molecule has 0 saturated carbocycles. The molecule has 0 atom stereocenters. The van der Waals surface area contributed by atoms with Gasteiger partial charge < -0.3 is 9.72 Å². The topological polar surface area (TPSA) is 65.9 Å². The average Bonchev–Trinajstić information content (AvgIpc) is 2.30. The molecule has 2 aromatic rings. The highest BCUT2D eigenvalue weighted by Crippen LogP contribution is 2.21. The summed E-state index contributed by atoms with van der Waals surface area (Å²) in [6, 6.07) is 4.72. The Morgan fingerprint density at radius 3 is 3.13 bits per heavy atom. The number of aromatic amines is 1. The Morgan fingerprint density at radius 2 is 2.47 bits per heavy atom. The zero-order valence-corrected chi connectivity index (χ0v) is 8.00. The van der Waals surface area contributed by atoms with Gasteiger partial charge in [-0.3, -0.25) is 4.79 Å². The fourth-order valence-electron chi connectivity index (χ4n) is 1.37. The van der Waals surface area contributed by atoms with Crippen molar-refractivity contribution in [3.8, 4) is 11.8 Å². The zero-order valence-electron chi connectivity index (χ0n) is 9.00. The lowest BCUT2D eigenvalue weighted by Gasteiger charge is -2.04. The van der Waals surface area contributed by atoms with Crippen molar-refractivity contribution < 1.29 is 6.11 Å². The number of nitrogens with zero attached hydrogens (tertiary/aromatic N) is 1. The van der Waals surface area contributed by atoms with Gasteiger partial charge in [0.25, 0.3) is 0 Å². The normalized spacial score (nSPS) is 10.8. The Bertz CT molecular complexity index is 655. The first kappa shape index (κ1) is 8.06. The number of nitrogens with one attached hydrogen (secondary N) is 1. The van der Waals surface area contributed by atoms with E-state index in [-0.39, 0.29) is 22.8 Å². The fourth-order valence-corrected chi connectivity index (χ4v) is 1.37. The van der Waals surface area contributed by atoms with E-state index in [4.69, 9.17) is 11.4 Å². The molecule has 0 amide bonds. The molecule has 15 heavy (non-hydrogen) atoms. The highest BCUT2D eigenvalue weighted by molar-refractivity contribution is 5.82. The van der Waals surface area contributed by atoms with Gasteiger partial charge in [0.05, 0.1) is 19.6 Å². The van der Waals surface area contributed by atoms with Crippen LogP contribution >= 0.6 is 0 Å². The highest BCUT2D eigenvalue weighted by Gasteiger charge is 2.06. The third-order valence-corrected chi connectivity index (χ3v) is 2.09. The summed E-state index contributed by atoms with van der Waals surface area (Å²) in [5, 5.41) is 9.22. The van der Waals surface area contributed by atoms with Crippen LogP contribution in [0.25, 0.3) is 10.9 Å². The molecule has 0 saturated heterocycles. The largest absolute Gasteiger partial charge is 0.495 e. The van der Waals surface area contributed by atoms with Crippen LogP contribution in [0, 0.1) is 11.3 Å². The van der Waals surface area contributed by atoms with Gasteiger partial charge in [-0.1, -0.05) is 0 Å². The van der Waals surface area contributed by atoms with Crippen molar-refractivity contribution in [1.82, 2.24) is 4.98 Å². The van der Waals surface area contributed by atoms with Crippen molar-refractivity contribution in [2.45, 2.75) is 0 Å². The summed E-state index contributed by atoms with van der Waals surface area (Å²) < 4.78 is 12.8. The van der Waals surface area contributed by atoms with E-state index in [0.29, 0.717) is 10.9 Å². The molecule has 4 nitrogen and oxygen atoms in total. The Morgan fingerprint density at radius 1 is 1.67 bits per heavy atom. The lowest BCUT2D eigenvalue weighted by atomic mass is 10.1. The van der Waals surface area contributed by atoms with Crippen molar-refractivity contribution >= 4 is 10.9 Å². The SMILES string of the molecule is [2H]c1c(OC)c(C#N)cc2c(=O)cc[nH]c12. The van der Waals surface area contributed by atoms with Crippen LogP contribution in [0.4, 0.5) is 0 Å². The third-order valence-electron chi connectivity index (χ3n) is 2.09. The molecule has 1 N–H and O–H groups in total. The summed E-state index contributed by atoms with van der Waals surface area (Å²) in [5.41, 5.74) is 0.349. The number of H-pyrrole nitrogens is 1. The number of ether oxygens (including phenoxy) is 1. The van der Waals surface area contributed by atoms with Gasteiger partial charge in [-0.2, -0.15) is 5.26 Å².